The van der Waals surface area contributed by atoms with Gasteiger partial charge in [-0.3, -0.25) is 0 Å². The summed E-state index contributed by atoms with van der Waals surface area (Å²) in [5.74, 6) is -1.27. The first-order valence-electron chi connectivity index (χ1n) is 6.23. The quantitative estimate of drug-likeness (QED) is 0.572. The Morgan fingerprint density at radius 1 is 1.09 bits per heavy atom. The molecule has 0 saturated heterocycles. The van der Waals surface area contributed by atoms with Crippen LogP contribution < -0.4 is 56.5 Å². The molecule has 0 fully saturated rings. The van der Waals surface area contributed by atoms with Crippen molar-refractivity contribution in [2.45, 2.75) is 0 Å². The zero-order valence-corrected chi connectivity index (χ0v) is 18.2. The minimum absolute atomic E-state index is 0. The van der Waals surface area contributed by atoms with Crippen LogP contribution in [-0.4, -0.2) is 11.0 Å². The fraction of sp³-hybridized carbons (Fsp3) is 0. The molecule has 1 aromatic heterocycles. The number of hydrogen-bond donors (Lipinski definition) is 0. The van der Waals surface area contributed by atoms with Gasteiger partial charge >= 0.3 is 51.4 Å². The maximum Gasteiger partial charge on any atom is 1.00 e. The number of aromatic nitrogens is 1. The molecule has 3 nitrogen and oxygen atoms in total. The summed E-state index contributed by atoms with van der Waals surface area (Å²) in [7, 11) is 0. The monoisotopic (exact) mass is 433 g/mol. The van der Waals surface area contributed by atoms with Crippen LogP contribution in [0.2, 0.25) is 10.0 Å². The molecule has 0 saturated carbocycles. The zero-order valence-electron chi connectivity index (χ0n) is 11.9. The van der Waals surface area contributed by atoms with E-state index in [-0.39, 0.29) is 56.9 Å². The third-order valence-corrected chi connectivity index (χ3v) is 4.24. The van der Waals surface area contributed by atoms with E-state index < -0.39 is 5.97 Å². The van der Waals surface area contributed by atoms with Gasteiger partial charge in [0.1, 0.15) is 0 Å². The van der Waals surface area contributed by atoms with Crippen molar-refractivity contribution in [3.8, 4) is 11.3 Å². The summed E-state index contributed by atoms with van der Waals surface area (Å²) in [5, 5.41) is 12.8. The minimum atomic E-state index is -1.27. The van der Waals surface area contributed by atoms with E-state index in [1.165, 1.54) is 6.07 Å². The molecular weight excluding hydrogens is 428 g/mol. The molecular formula is C16H7BrCl2KNO2. The van der Waals surface area contributed by atoms with Crippen molar-refractivity contribution < 1.29 is 61.3 Å². The second kappa shape index (κ2) is 7.93. The van der Waals surface area contributed by atoms with E-state index in [1.54, 1.807) is 36.4 Å². The van der Waals surface area contributed by atoms with Gasteiger partial charge in [-0.05, 0) is 42.5 Å². The van der Waals surface area contributed by atoms with E-state index in [9.17, 15) is 9.90 Å². The van der Waals surface area contributed by atoms with Crippen LogP contribution in [0.5, 0.6) is 0 Å². The molecule has 0 bridgehead atoms. The van der Waals surface area contributed by atoms with Crippen LogP contribution in [0.3, 0.4) is 0 Å². The van der Waals surface area contributed by atoms with Crippen molar-refractivity contribution >= 4 is 56.0 Å². The Kier molecular flexibility index (Phi) is 6.67. The molecule has 3 rings (SSSR count). The van der Waals surface area contributed by atoms with Gasteiger partial charge in [-0.15, -0.1) is 0 Å². The van der Waals surface area contributed by atoms with Crippen molar-refractivity contribution in [1.82, 2.24) is 4.98 Å². The topological polar surface area (TPSA) is 53.0 Å². The van der Waals surface area contributed by atoms with Gasteiger partial charge in [-0.1, -0.05) is 39.1 Å². The fourth-order valence-electron chi connectivity index (χ4n) is 2.20. The summed E-state index contributed by atoms with van der Waals surface area (Å²) in [6.45, 7) is 0. The predicted octanol–water partition coefficient (Wildman–Crippen LogP) is 1.34. The first kappa shape index (κ1) is 19.3. The number of hydrogen-bond acceptors (Lipinski definition) is 3. The van der Waals surface area contributed by atoms with Gasteiger partial charge in [0, 0.05) is 26.0 Å². The van der Waals surface area contributed by atoms with Crippen molar-refractivity contribution in [2.75, 3.05) is 0 Å². The first-order chi connectivity index (χ1) is 10.5. The van der Waals surface area contributed by atoms with Crippen LogP contribution in [0.25, 0.3) is 22.2 Å². The molecule has 0 aliphatic heterocycles. The molecule has 1 heterocycles. The average Bonchev–Trinajstić information content (AvgIpc) is 2.46. The summed E-state index contributed by atoms with van der Waals surface area (Å²) in [5.41, 5.74) is 1.67. The Morgan fingerprint density at radius 3 is 2.48 bits per heavy atom. The van der Waals surface area contributed by atoms with Gasteiger partial charge in [0.2, 0.25) is 0 Å². The standard InChI is InChI=1S/C16H8BrCl2NO2.K/c17-8-1-4-14-11(5-8)12(16(21)22)7-15(20-14)10-3-2-9(18)6-13(10)19;/h1-7H,(H,21,22);/q;+1/p-1. The van der Waals surface area contributed by atoms with Crippen LogP contribution in [0.15, 0.2) is 46.9 Å². The zero-order chi connectivity index (χ0) is 15.9. The molecule has 0 N–H and O–H groups in total. The average molecular weight is 435 g/mol. The Hall–Kier alpha value is 0.0164. The maximum atomic E-state index is 11.4. The molecule has 0 unspecified atom stereocenters. The number of carbonyl (C=O) groups is 1. The number of pyridine rings is 1. The number of benzene rings is 2. The molecule has 2 aromatic carbocycles. The Bertz CT molecular complexity index is 918. The van der Waals surface area contributed by atoms with Crippen molar-refractivity contribution in [2.24, 2.45) is 0 Å². The molecule has 0 aliphatic rings. The summed E-state index contributed by atoms with van der Waals surface area (Å²) < 4.78 is 0.765. The molecule has 0 spiro atoms. The Balaban J connectivity index is 0.00000192. The number of aromatic carboxylic acids is 1. The van der Waals surface area contributed by atoms with E-state index in [4.69, 9.17) is 23.2 Å². The second-order valence-corrected chi connectivity index (χ2v) is 6.39. The first-order valence-corrected chi connectivity index (χ1v) is 7.77. The van der Waals surface area contributed by atoms with Crippen LogP contribution in [0.1, 0.15) is 10.4 Å². The van der Waals surface area contributed by atoms with Gasteiger partial charge in [-0.2, -0.15) is 0 Å². The van der Waals surface area contributed by atoms with E-state index in [1.807, 2.05) is 0 Å². The predicted molar refractivity (Wildman–Crippen MR) is 89.2 cm³/mol. The van der Waals surface area contributed by atoms with Crippen LogP contribution in [0, 0.1) is 0 Å². The van der Waals surface area contributed by atoms with Gasteiger partial charge in [-0.25, -0.2) is 4.98 Å². The molecule has 23 heavy (non-hydrogen) atoms. The largest absolute Gasteiger partial charge is 1.00 e. The number of rotatable bonds is 2. The normalized spacial score (nSPS) is 10.4. The maximum absolute atomic E-state index is 11.4. The molecule has 0 radical (unpaired) electrons. The number of carbonyl (C=O) groups excluding carboxylic acids is 1. The smallest absolute Gasteiger partial charge is 0.545 e. The summed E-state index contributed by atoms with van der Waals surface area (Å²) in [6, 6.07) is 11.6. The molecule has 0 aliphatic carbocycles. The summed E-state index contributed by atoms with van der Waals surface area (Å²) in [6.07, 6.45) is 0. The summed E-state index contributed by atoms with van der Waals surface area (Å²) >= 11 is 15.4. The molecule has 0 atom stereocenters. The van der Waals surface area contributed by atoms with E-state index in [2.05, 4.69) is 20.9 Å². The number of halogens is 3. The Labute approximate surface area is 193 Å². The van der Waals surface area contributed by atoms with E-state index in [0.717, 1.165) is 4.47 Å². The fourth-order valence-corrected chi connectivity index (χ4v) is 3.07. The molecule has 7 heteroatoms. The second-order valence-electron chi connectivity index (χ2n) is 4.63. The SMILES string of the molecule is O=C([O-])c1cc(-c2ccc(Cl)cc2Cl)nc2ccc(Br)cc12.[K+]. The third kappa shape index (κ3) is 4.17. The van der Waals surface area contributed by atoms with E-state index in [0.29, 0.717) is 32.2 Å². The molecule has 3 aromatic rings. The number of carboxylic acids is 1. The minimum Gasteiger partial charge on any atom is -0.545 e. The Morgan fingerprint density at radius 2 is 1.83 bits per heavy atom. The third-order valence-electron chi connectivity index (χ3n) is 3.20. The summed E-state index contributed by atoms with van der Waals surface area (Å²) in [4.78, 5) is 15.9. The van der Waals surface area contributed by atoms with Gasteiger partial charge in [0.25, 0.3) is 0 Å². The van der Waals surface area contributed by atoms with Gasteiger partial charge in [0.05, 0.1) is 22.2 Å². The van der Waals surface area contributed by atoms with Gasteiger partial charge < -0.3 is 9.90 Å². The number of carboxylic acid groups (broad SMARTS) is 1. The van der Waals surface area contributed by atoms with Crippen molar-refractivity contribution in [1.29, 1.82) is 0 Å². The number of nitrogens with zero attached hydrogens (tertiary/aromatic N) is 1. The number of fused-ring (bicyclic) bond motifs is 1. The van der Waals surface area contributed by atoms with Crippen molar-refractivity contribution in [3.05, 3.63) is 62.5 Å². The van der Waals surface area contributed by atoms with Crippen molar-refractivity contribution in [3.63, 3.8) is 0 Å². The van der Waals surface area contributed by atoms with Crippen LogP contribution >= 0.6 is 39.1 Å². The van der Waals surface area contributed by atoms with E-state index >= 15 is 0 Å². The molecule has 0 amide bonds. The van der Waals surface area contributed by atoms with Gasteiger partial charge in [0.15, 0.2) is 0 Å². The van der Waals surface area contributed by atoms with Crippen LogP contribution in [0.4, 0.5) is 0 Å². The molecule has 110 valence electrons. The van der Waals surface area contributed by atoms with Crippen LogP contribution in [-0.2, 0) is 0 Å².